The summed E-state index contributed by atoms with van der Waals surface area (Å²) in [4.78, 5) is 0. The highest BCUT2D eigenvalue weighted by Crippen LogP contribution is 2.23. The fourth-order valence-electron chi connectivity index (χ4n) is 2.60. The van der Waals surface area contributed by atoms with Gasteiger partial charge in [-0.3, -0.25) is 0 Å². The average molecular weight is 257 g/mol. The SMILES string of the molecule is Cc1cc(CNC2CCNCc3ccccc32)no1. The minimum Gasteiger partial charge on any atom is -0.361 e. The molecule has 1 atom stereocenters. The maximum atomic E-state index is 5.10. The predicted octanol–water partition coefficient (Wildman–Crippen LogP) is 2.31. The summed E-state index contributed by atoms with van der Waals surface area (Å²) in [7, 11) is 0. The van der Waals surface area contributed by atoms with Crippen LogP contribution in [0.2, 0.25) is 0 Å². The van der Waals surface area contributed by atoms with Crippen molar-refractivity contribution in [2.24, 2.45) is 0 Å². The third-order valence-corrected chi connectivity index (χ3v) is 3.56. The summed E-state index contributed by atoms with van der Waals surface area (Å²) in [6.07, 6.45) is 1.09. The smallest absolute Gasteiger partial charge is 0.133 e. The van der Waals surface area contributed by atoms with E-state index in [4.69, 9.17) is 4.52 Å². The third-order valence-electron chi connectivity index (χ3n) is 3.56. The van der Waals surface area contributed by atoms with Gasteiger partial charge in [-0.2, -0.15) is 0 Å². The van der Waals surface area contributed by atoms with Gasteiger partial charge in [0.05, 0.1) is 5.69 Å². The van der Waals surface area contributed by atoms with Crippen molar-refractivity contribution in [2.45, 2.75) is 32.5 Å². The van der Waals surface area contributed by atoms with Crippen molar-refractivity contribution in [3.8, 4) is 0 Å². The molecule has 4 nitrogen and oxygen atoms in total. The Balaban J connectivity index is 1.73. The van der Waals surface area contributed by atoms with E-state index in [0.29, 0.717) is 6.04 Å². The molecule has 0 amide bonds. The lowest BCUT2D eigenvalue weighted by Crippen LogP contribution is -2.22. The summed E-state index contributed by atoms with van der Waals surface area (Å²) in [6, 6.07) is 11.0. The first-order chi connectivity index (χ1) is 9.33. The molecule has 19 heavy (non-hydrogen) atoms. The van der Waals surface area contributed by atoms with Crippen LogP contribution in [0.15, 0.2) is 34.9 Å². The molecule has 0 saturated heterocycles. The van der Waals surface area contributed by atoms with Gasteiger partial charge in [0.2, 0.25) is 0 Å². The lowest BCUT2D eigenvalue weighted by Gasteiger charge is -2.18. The van der Waals surface area contributed by atoms with Crippen LogP contribution in [-0.4, -0.2) is 11.7 Å². The second kappa shape index (κ2) is 5.55. The van der Waals surface area contributed by atoms with Crippen LogP contribution in [0.3, 0.4) is 0 Å². The third kappa shape index (κ3) is 2.85. The first-order valence-corrected chi connectivity index (χ1v) is 6.77. The average Bonchev–Trinajstić information content (AvgIpc) is 2.73. The Labute approximate surface area is 113 Å². The zero-order chi connectivity index (χ0) is 13.1. The van der Waals surface area contributed by atoms with E-state index in [1.54, 1.807) is 0 Å². The highest BCUT2D eigenvalue weighted by Gasteiger charge is 2.17. The van der Waals surface area contributed by atoms with Gasteiger partial charge in [-0.1, -0.05) is 29.4 Å². The Kier molecular flexibility index (Phi) is 3.62. The van der Waals surface area contributed by atoms with E-state index in [9.17, 15) is 0 Å². The minimum atomic E-state index is 0.378. The van der Waals surface area contributed by atoms with Crippen LogP contribution in [0.25, 0.3) is 0 Å². The molecule has 1 unspecified atom stereocenters. The monoisotopic (exact) mass is 257 g/mol. The summed E-state index contributed by atoms with van der Waals surface area (Å²) >= 11 is 0. The Morgan fingerprint density at radius 2 is 2.32 bits per heavy atom. The fourth-order valence-corrected chi connectivity index (χ4v) is 2.60. The first-order valence-electron chi connectivity index (χ1n) is 6.77. The molecular formula is C15H19N3O. The Morgan fingerprint density at radius 3 is 3.16 bits per heavy atom. The van der Waals surface area contributed by atoms with E-state index in [-0.39, 0.29) is 0 Å². The molecule has 0 fully saturated rings. The number of nitrogens with zero attached hydrogens (tertiary/aromatic N) is 1. The molecule has 1 aliphatic rings. The predicted molar refractivity (Wildman–Crippen MR) is 73.6 cm³/mol. The molecule has 2 aromatic rings. The van der Waals surface area contributed by atoms with Crippen LogP contribution >= 0.6 is 0 Å². The van der Waals surface area contributed by atoms with Crippen LogP contribution < -0.4 is 10.6 Å². The molecule has 4 heteroatoms. The summed E-state index contributed by atoms with van der Waals surface area (Å²) in [5.74, 6) is 0.861. The van der Waals surface area contributed by atoms with Gasteiger partial charge >= 0.3 is 0 Å². The molecule has 1 aromatic carbocycles. The summed E-state index contributed by atoms with van der Waals surface area (Å²) in [6.45, 7) is 4.65. The van der Waals surface area contributed by atoms with Gasteiger partial charge in [0.15, 0.2) is 0 Å². The lowest BCUT2D eigenvalue weighted by molar-refractivity contribution is 0.384. The first kappa shape index (κ1) is 12.4. The molecule has 100 valence electrons. The van der Waals surface area contributed by atoms with Gasteiger partial charge in [0.25, 0.3) is 0 Å². The Morgan fingerprint density at radius 1 is 1.42 bits per heavy atom. The molecular weight excluding hydrogens is 238 g/mol. The number of aromatic nitrogens is 1. The highest BCUT2D eigenvalue weighted by molar-refractivity contribution is 5.31. The van der Waals surface area contributed by atoms with Crippen molar-refractivity contribution in [3.05, 3.63) is 52.9 Å². The maximum absolute atomic E-state index is 5.10. The molecule has 0 radical (unpaired) electrons. The zero-order valence-corrected chi connectivity index (χ0v) is 11.1. The van der Waals surface area contributed by atoms with Gasteiger partial charge in [0, 0.05) is 25.2 Å². The van der Waals surface area contributed by atoms with Crippen LogP contribution in [0.5, 0.6) is 0 Å². The normalized spacial score (nSPS) is 18.9. The number of aryl methyl sites for hydroxylation is 1. The minimum absolute atomic E-state index is 0.378. The molecule has 3 rings (SSSR count). The van der Waals surface area contributed by atoms with Gasteiger partial charge in [-0.05, 0) is 31.0 Å². The van der Waals surface area contributed by atoms with E-state index < -0.39 is 0 Å². The Hall–Kier alpha value is -1.65. The van der Waals surface area contributed by atoms with E-state index in [0.717, 1.165) is 37.5 Å². The van der Waals surface area contributed by atoms with Crippen molar-refractivity contribution in [1.29, 1.82) is 0 Å². The summed E-state index contributed by atoms with van der Waals surface area (Å²) in [5.41, 5.74) is 3.74. The number of fused-ring (bicyclic) bond motifs is 1. The quantitative estimate of drug-likeness (QED) is 0.886. The molecule has 0 saturated carbocycles. The number of rotatable bonds is 3. The molecule has 2 heterocycles. The second-order valence-electron chi connectivity index (χ2n) is 5.03. The molecule has 2 N–H and O–H groups in total. The highest BCUT2D eigenvalue weighted by atomic mass is 16.5. The fraction of sp³-hybridized carbons (Fsp3) is 0.400. The van der Waals surface area contributed by atoms with Crippen LogP contribution in [0.4, 0.5) is 0 Å². The van der Waals surface area contributed by atoms with Gasteiger partial charge < -0.3 is 15.2 Å². The molecule has 0 aliphatic carbocycles. The number of hydrogen-bond donors (Lipinski definition) is 2. The lowest BCUT2D eigenvalue weighted by atomic mass is 9.99. The van der Waals surface area contributed by atoms with Crippen molar-refractivity contribution < 1.29 is 4.52 Å². The summed E-state index contributed by atoms with van der Waals surface area (Å²) < 4.78 is 5.10. The number of hydrogen-bond acceptors (Lipinski definition) is 4. The topological polar surface area (TPSA) is 50.1 Å². The van der Waals surface area contributed by atoms with Crippen molar-refractivity contribution in [3.63, 3.8) is 0 Å². The number of nitrogens with one attached hydrogen (secondary N) is 2. The van der Waals surface area contributed by atoms with Crippen molar-refractivity contribution in [2.75, 3.05) is 6.54 Å². The standard InChI is InChI=1S/C15H19N3O/c1-11-8-13(18-19-11)10-17-15-6-7-16-9-12-4-2-3-5-14(12)15/h2-5,8,15-17H,6-7,9-10H2,1H3. The van der Waals surface area contributed by atoms with E-state index in [1.165, 1.54) is 11.1 Å². The van der Waals surface area contributed by atoms with Crippen LogP contribution in [-0.2, 0) is 13.1 Å². The van der Waals surface area contributed by atoms with E-state index in [1.807, 2.05) is 13.0 Å². The van der Waals surface area contributed by atoms with E-state index >= 15 is 0 Å². The zero-order valence-electron chi connectivity index (χ0n) is 11.1. The second-order valence-corrected chi connectivity index (χ2v) is 5.03. The molecule has 1 aliphatic heterocycles. The van der Waals surface area contributed by atoms with Crippen LogP contribution in [0.1, 0.15) is 35.0 Å². The molecule has 1 aromatic heterocycles. The van der Waals surface area contributed by atoms with E-state index in [2.05, 4.69) is 40.1 Å². The van der Waals surface area contributed by atoms with Crippen molar-refractivity contribution >= 4 is 0 Å². The summed E-state index contributed by atoms with van der Waals surface area (Å²) in [5, 5.41) is 11.1. The molecule has 0 bridgehead atoms. The largest absolute Gasteiger partial charge is 0.361 e. The van der Waals surface area contributed by atoms with Crippen molar-refractivity contribution in [1.82, 2.24) is 15.8 Å². The Bertz CT molecular complexity index is 550. The van der Waals surface area contributed by atoms with Gasteiger partial charge in [-0.15, -0.1) is 0 Å². The molecule has 0 spiro atoms. The maximum Gasteiger partial charge on any atom is 0.133 e. The van der Waals surface area contributed by atoms with Gasteiger partial charge in [-0.25, -0.2) is 0 Å². The van der Waals surface area contributed by atoms with Gasteiger partial charge in [0.1, 0.15) is 5.76 Å². The number of benzene rings is 1. The van der Waals surface area contributed by atoms with Crippen LogP contribution in [0, 0.1) is 6.92 Å².